The molecule has 1 aromatic rings. The van der Waals surface area contributed by atoms with E-state index < -0.39 is 0 Å². The highest BCUT2D eigenvalue weighted by Gasteiger charge is 2.27. The van der Waals surface area contributed by atoms with Gasteiger partial charge in [0.25, 0.3) is 0 Å². The number of nitrogens with one attached hydrogen (secondary N) is 1. The Hall–Kier alpha value is -1.25. The third-order valence-corrected chi connectivity index (χ3v) is 3.42. The summed E-state index contributed by atoms with van der Waals surface area (Å²) in [6.07, 6.45) is 8.58. The molecule has 16 heavy (non-hydrogen) atoms. The Morgan fingerprint density at radius 1 is 1.50 bits per heavy atom. The van der Waals surface area contributed by atoms with Gasteiger partial charge in [-0.25, -0.2) is 0 Å². The Morgan fingerprint density at radius 2 is 2.31 bits per heavy atom. The predicted molar refractivity (Wildman–Crippen MR) is 68.3 cm³/mol. The van der Waals surface area contributed by atoms with Gasteiger partial charge in [0.1, 0.15) is 0 Å². The Kier molecular flexibility index (Phi) is 3.03. The van der Waals surface area contributed by atoms with Gasteiger partial charge in [0.05, 0.1) is 17.6 Å². The Morgan fingerprint density at radius 3 is 3.00 bits per heavy atom. The van der Waals surface area contributed by atoms with E-state index in [1.54, 1.807) is 12.4 Å². The number of nitrogens with zero attached hydrogens (tertiary/aromatic N) is 1. The van der Waals surface area contributed by atoms with E-state index in [2.05, 4.69) is 24.1 Å². The molecule has 1 heterocycles. The van der Waals surface area contributed by atoms with Gasteiger partial charge in [0, 0.05) is 12.2 Å². The fourth-order valence-electron chi connectivity index (χ4n) is 2.58. The first kappa shape index (κ1) is 11.2. The molecule has 1 aromatic heterocycles. The van der Waals surface area contributed by atoms with E-state index >= 15 is 0 Å². The molecule has 0 radical (unpaired) electrons. The Balaban J connectivity index is 2.02. The van der Waals surface area contributed by atoms with E-state index in [1.807, 2.05) is 6.07 Å². The summed E-state index contributed by atoms with van der Waals surface area (Å²) < 4.78 is 0. The van der Waals surface area contributed by atoms with Crippen LogP contribution < -0.4 is 11.1 Å². The molecule has 1 aliphatic carbocycles. The van der Waals surface area contributed by atoms with Crippen LogP contribution in [0.3, 0.4) is 0 Å². The van der Waals surface area contributed by atoms with Crippen LogP contribution >= 0.6 is 0 Å². The van der Waals surface area contributed by atoms with Gasteiger partial charge < -0.3 is 11.1 Å². The molecule has 3 nitrogen and oxygen atoms in total. The number of rotatable bonds is 2. The smallest absolute Gasteiger partial charge is 0.0736 e. The molecule has 1 atom stereocenters. The molecule has 1 fully saturated rings. The standard InChI is InChI=1S/C13H21N3/c1-13(2)6-3-4-10(8-13)16-12-5-7-15-9-11(12)14/h5,7,9-10H,3-4,6,8,14H2,1-2H3,(H,15,16). The van der Waals surface area contributed by atoms with Crippen molar-refractivity contribution < 1.29 is 0 Å². The fourth-order valence-corrected chi connectivity index (χ4v) is 2.58. The van der Waals surface area contributed by atoms with E-state index in [9.17, 15) is 0 Å². The minimum atomic E-state index is 0.456. The van der Waals surface area contributed by atoms with Crippen LogP contribution in [0.5, 0.6) is 0 Å². The molecule has 2 rings (SSSR count). The number of hydrogen-bond acceptors (Lipinski definition) is 3. The van der Waals surface area contributed by atoms with Gasteiger partial charge in [-0.15, -0.1) is 0 Å². The molecule has 0 spiro atoms. The number of hydrogen-bond donors (Lipinski definition) is 2. The van der Waals surface area contributed by atoms with Crippen molar-refractivity contribution in [3.05, 3.63) is 18.5 Å². The normalized spacial score (nSPS) is 24.0. The number of nitrogens with two attached hydrogens (primary N) is 1. The molecule has 0 amide bonds. The van der Waals surface area contributed by atoms with Gasteiger partial charge in [-0.3, -0.25) is 4.98 Å². The van der Waals surface area contributed by atoms with E-state index in [1.165, 1.54) is 25.7 Å². The zero-order valence-corrected chi connectivity index (χ0v) is 10.2. The summed E-state index contributed by atoms with van der Waals surface area (Å²) in [6.45, 7) is 4.69. The molecule has 3 N–H and O–H groups in total. The van der Waals surface area contributed by atoms with E-state index in [4.69, 9.17) is 5.73 Å². The molecule has 1 saturated carbocycles. The second-order valence-electron chi connectivity index (χ2n) is 5.56. The van der Waals surface area contributed by atoms with Gasteiger partial charge in [0.2, 0.25) is 0 Å². The first-order valence-corrected chi connectivity index (χ1v) is 6.03. The van der Waals surface area contributed by atoms with Gasteiger partial charge in [-0.05, 0) is 30.7 Å². The summed E-state index contributed by atoms with van der Waals surface area (Å²) in [5.74, 6) is 0. The molecule has 1 aliphatic rings. The van der Waals surface area contributed by atoms with Crippen LogP contribution in [0.15, 0.2) is 18.5 Å². The van der Waals surface area contributed by atoms with E-state index in [-0.39, 0.29) is 0 Å². The zero-order valence-electron chi connectivity index (χ0n) is 10.2. The van der Waals surface area contributed by atoms with Gasteiger partial charge in [-0.2, -0.15) is 0 Å². The molecule has 0 aromatic carbocycles. The molecule has 1 unspecified atom stereocenters. The lowest BCUT2D eigenvalue weighted by atomic mass is 9.75. The van der Waals surface area contributed by atoms with Crippen molar-refractivity contribution in [2.45, 2.75) is 45.6 Å². The summed E-state index contributed by atoms with van der Waals surface area (Å²) in [4.78, 5) is 4.00. The number of aromatic nitrogens is 1. The highest BCUT2D eigenvalue weighted by atomic mass is 14.9. The van der Waals surface area contributed by atoms with Crippen molar-refractivity contribution in [3.8, 4) is 0 Å². The molecule has 0 saturated heterocycles. The quantitative estimate of drug-likeness (QED) is 0.803. The molecular weight excluding hydrogens is 198 g/mol. The third kappa shape index (κ3) is 2.65. The van der Waals surface area contributed by atoms with Crippen molar-refractivity contribution in [2.75, 3.05) is 11.1 Å². The average molecular weight is 219 g/mol. The molecule has 0 aliphatic heterocycles. The first-order chi connectivity index (χ1) is 7.57. The minimum Gasteiger partial charge on any atom is -0.396 e. The molecule has 3 heteroatoms. The van der Waals surface area contributed by atoms with E-state index in [0.29, 0.717) is 11.5 Å². The highest BCUT2D eigenvalue weighted by Crippen LogP contribution is 2.36. The van der Waals surface area contributed by atoms with Gasteiger partial charge in [0.15, 0.2) is 0 Å². The summed E-state index contributed by atoms with van der Waals surface area (Å²) >= 11 is 0. The summed E-state index contributed by atoms with van der Waals surface area (Å²) in [5.41, 5.74) is 8.10. The summed E-state index contributed by atoms with van der Waals surface area (Å²) in [6, 6.07) is 2.50. The van der Waals surface area contributed by atoms with Gasteiger partial charge >= 0.3 is 0 Å². The molecule has 88 valence electrons. The summed E-state index contributed by atoms with van der Waals surface area (Å²) in [5, 5.41) is 3.54. The monoisotopic (exact) mass is 219 g/mol. The largest absolute Gasteiger partial charge is 0.396 e. The maximum atomic E-state index is 5.88. The van der Waals surface area contributed by atoms with Crippen molar-refractivity contribution in [3.63, 3.8) is 0 Å². The SMILES string of the molecule is CC1(C)CCCC(Nc2ccncc2N)C1. The van der Waals surface area contributed by atoms with Crippen LogP contribution in [0.1, 0.15) is 39.5 Å². The van der Waals surface area contributed by atoms with Crippen LogP contribution in [0.25, 0.3) is 0 Å². The molecule has 0 bridgehead atoms. The van der Waals surface area contributed by atoms with Crippen molar-refractivity contribution >= 4 is 11.4 Å². The Bertz CT molecular complexity index is 360. The Labute approximate surface area is 97.5 Å². The average Bonchev–Trinajstić information content (AvgIpc) is 2.20. The lowest BCUT2D eigenvalue weighted by molar-refractivity contribution is 0.229. The second kappa shape index (κ2) is 4.32. The van der Waals surface area contributed by atoms with Gasteiger partial charge in [-0.1, -0.05) is 20.3 Å². The first-order valence-electron chi connectivity index (χ1n) is 6.03. The van der Waals surface area contributed by atoms with Crippen LogP contribution in [0, 0.1) is 5.41 Å². The summed E-state index contributed by atoms with van der Waals surface area (Å²) in [7, 11) is 0. The number of nitrogen functional groups attached to an aromatic ring is 1. The third-order valence-electron chi connectivity index (χ3n) is 3.42. The minimum absolute atomic E-state index is 0.456. The fraction of sp³-hybridized carbons (Fsp3) is 0.615. The lowest BCUT2D eigenvalue weighted by Gasteiger charge is -2.36. The predicted octanol–water partition coefficient (Wildman–Crippen LogP) is 3.04. The number of pyridine rings is 1. The topological polar surface area (TPSA) is 50.9 Å². The highest BCUT2D eigenvalue weighted by molar-refractivity contribution is 5.64. The number of anilines is 2. The molecular formula is C13H21N3. The van der Waals surface area contributed by atoms with Crippen molar-refractivity contribution in [1.29, 1.82) is 0 Å². The van der Waals surface area contributed by atoms with E-state index in [0.717, 1.165) is 11.4 Å². The van der Waals surface area contributed by atoms with Crippen LogP contribution in [0.2, 0.25) is 0 Å². The van der Waals surface area contributed by atoms with Crippen LogP contribution in [0.4, 0.5) is 11.4 Å². The zero-order chi connectivity index (χ0) is 11.6. The van der Waals surface area contributed by atoms with Crippen molar-refractivity contribution in [2.24, 2.45) is 5.41 Å². The van der Waals surface area contributed by atoms with Crippen molar-refractivity contribution in [1.82, 2.24) is 4.98 Å². The maximum Gasteiger partial charge on any atom is 0.0736 e. The van der Waals surface area contributed by atoms with Crippen LogP contribution in [-0.4, -0.2) is 11.0 Å². The second-order valence-corrected chi connectivity index (χ2v) is 5.56. The maximum absolute atomic E-state index is 5.88. The van der Waals surface area contributed by atoms with Crippen LogP contribution in [-0.2, 0) is 0 Å². The lowest BCUT2D eigenvalue weighted by Crippen LogP contribution is -2.31.